The van der Waals surface area contributed by atoms with Gasteiger partial charge >= 0.3 is 0 Å². The van der Waals surface area contributed by atoms with Crippen molar-refractivity contribution < 1.29 is 9.18 Å². The molecule has 0 bridgehead atoms. The lowest BCUT2D eigenvalue weighted by molar-refractivity contribution is -0.115. The summed E-state index contributed by atoms with van der Waals surface area (Å²) >= 11 is 0. The van der Waals surface area contributed by atoms with Gasteiger partial charge in [-0.15, -0.1) is 0 Å². The third kappa shape index (κ3) is 3.66. The van der Waals surface area contributed by atoms with E-state index in [1.54, 1.807) is 35.1 Å². The van der Waals surface area contributed by atoms with Crippen molar-refractivity contribution in [1.82, 2.24) is 9.78 Å². The second-order valence-electron chi connectivity index (χ2n) is 5.11. The Morgan fingerprint density at radius 3 is 2.80 bits per heavy atom. The minimum atomic E-state index is -0.363. The van der Waals surface area contributed by atoms with Crippen molar-refractivity contribution in [2.75, 3.05) is 5.32 Å². The molecule has 0 spiro atoms. The number of benzene rings is 1. The lowest BCUT2D eigenvalue weighted by Crippen LogP contribution is -2.19. The average Bonchev–Trinajstić information content (AvgIpc) is 2.78. The Bertz CT molecular complexity index is 592. The molecule has 0 aliphatic carbocycles. The van der Waals surface area contributed by atoms with Gasteiger partial charge in [0.1, 0.15) is 11.6 Å². The molecular formula is C15H18FN3O. The number of amides is 1. The summed E-state index contributed by atoms with van der Waals surface area (Å²) in [6, 6.07) is 8.02. The van der Waals surface area contributed by atoms with Gasteiger partial charge in [0.05, 0.1) is 12.6 Å². The summed E-state index contributed by atoms with van der Waals surface area (Å²) in [4.78, 5) is 12.0. The summed E-state index contributed by atoms with van der Waals surface area (Å²) in [5.41, 5.74) is 0.389. The molecule has 2 aromatic rings. The number of nitrogens with zero attached hydrogens (tertiary/aromatic N) is 2. The third-order valence-corrected chi connectivity index (χ3v) is 2.83. The Morgan fingerprint density at radius 2 is 2.10 bits per heavy atom. The van der Waals surface area contributed by atoms with Gasteiger partial charge in [0, 0.05) is 12.6 Å². The van der Waals surface area contributed by atoms with E-state index >= 15 is 0 Å². The van der Waals surface area contributed by atoms with E-state index in [4.69, 9.17) is 0 Å². The normalized spacial score (nSPS) is 10.8. The number of hydrogen-bond acceptors (Lipinski definition) is 2. The highest BCUT2D eigenvalue weighted by Gasteiger charge is 2.11. The minimum absolute atomic E-state index is 0.0134. The molecule has 0 saturated carbocycles. The zero-order valence-electron chi connectivity index (χ0n) is 11.6. The maximum atomic E-state index is 13.5. The van der Waals surface area contributed by atoms with Gasteiger partial charge in [-0.05, 0) is 17.5 Å². The molecule has 1 heterocycles. The number of carbonyl (C=O) groups excluding carboxylic acids is 1. The first-order valence-electron chi connectivity index (χ1n) is 6.61. The molecule has 5 heteroatoms. The Morgan fingerprint density at radius 1 is 1.35 bits per heavy atom. The van der Waals surface area contributed by atoms with Crippen LogP contribution in [-0.4, -0.2) is 15.7 Å². The van der Waals surface area contributed by atoms with Crippen LogP contribution in [0.2, 0.25) is 0 Å². The van der Waals surface area contributed by atoms with Crippen LogP contribution in [0.3, 0.4) is 0 Å². The number of anilines is 1. The molecule has 0 unspecified atom stereocenters. The smallest absolute Gasteiger partial charge is 0.230 e. The highest BCUT2D eigenvalue weighted by atomic mass is 19.1. The van der Waals surface area contributed by atoms with Crippen molar-refractivity contribution in [2.45, 2.75) is 26.8 Å². The van der Waals surface area contributed by atoms with Crippen LogP contribution in [0.4, 0.5) is 10.2 Å². The fourth-order valence-electron chi connectivity index (χ4n) is 1.93. The Balaban J connectivity index is 2.02. The van der Waals surface area contributed by atoms with Gasteiger partial charge in [0.15, 0.2) is 0 Å². The molecule has 2 rings (SSSR count). The highest BCUT2D eigenvalue weighted by molar-refractivity contribution is 5.91. The zero-order chi connectivity index (χ0) is 14.5. The van der Waals surface area contributed by atoms with Crippen molar-refractivity contribution in [3.8, 4) is 0 Å². The van der Waals surface area contributed by atoms with Crippen LogP contribution in [0.1, 0.15) is 19.4 Å². The van der Waals surface area contributed by atoms with Gasteiger partial charge < -0.3 is 5.32 Å². The predicted molar refractivity (Wildman–Crippen MR) is 75.8 cm³/mol. The molecule has 0 aliphatic heterocycles. The van der Waals surface area contributed by atoms with E-state index in [0.717, 1.165) is 6.54 Å². The van der Waals surface area contributed by atoms with Gasteiger partial charge in [0.2, 0.25) is 5.91 Å². The van der Waals surface area contributed by atoms with Crippen molar-refractivity contribution in [3.63, 3.8) is 0 Å². The summed E-state index contributed by atoms with van der Waals surface area (Å²) < 4.78 is 15.2. The number of nitrogens with one attached hydrogen (secondary N) is 1. The topological polar surface area (TPSA) is 46.9 Å². The van der Waals surface area contributed by atoms with E-state index in [0.29, 0.717) is 17.3 Å². The highest BCUT2D eigenvalue weighted by Crippen LogP contribution is 2.12. The maximum Gasteiger partial charge on any atom is 0.230 e. The first kappa shape index (κ1) is 14.2. The molecular weight excluding hydrogens is 257 g/mol. The SMILES string of the molecule is CC(C)Cn1nccc1NC(=O)Cc1ccccc1F. The zero-order valence-corrected chi connectivity index (χ0v) is 11.6. The summed E-state index contributed by atoms with van der Waals surface area (Å²) in [7, 11) is 0. The Hall–Kier alpha value is -2.17. The second-order valence-corrected chi connectivity index (χ2v) is 5.11. The van der Waals surface area contributed by atoms with E-state index in [1.165, 1.54) is 6.07 Å². The van der Waals surface area contributed by atoms with E-state index in [9.17, 15) is 9.18 Å². The quantitative estimate of drug-likeness (QED) is 0.912. The molecule has 1 aromatic carbocycles. The number of aromatic nitrogens is 2. The van der Waals surface area contributed by atoms with Gasteiger partial charge in [-0.2, -0.15) is 5.10 Å². The van der Waals surface area contributed by atoms with Crippen LogP contribution in [0.5, 0.6) is 0 Å². The Labute approximate surface area is 117 Å². The molecule has 20 heavy (non-hydrogen) atoms. The number of rotatable bonds is 5. The fourth-order valence-corrected chi connectivity index (χ4v) is 1.93. The van der Waals surface area contributed by atoms with Crippen molar-refractivity contribution >= 4 is 11.7 Å². The number of halogens is 1. The van der Waals surface area contributed by atoms with Gasteiger partial charge in [-0.1, -0.05) is 32.0 Å². The summed E-state index contributed by atoms with van der Waals surface area (Å²) in [5.74, 6) is 0.455. The van der Waals surface area contributed by atoms with E-state index in [2.05, 4.69) is 24.3 Å². The van der Waals surface area contributed by atoms with Crippen molar-refractivity contribution in [2.24, 2.45) is 5.92 Å². The maximum absolute atomic E-state index is 13.5. The van der Waals surface area contributed by atoms with Crippen LogP contribution >= 0.6 is 0 Å². The first-order chi connectivity index (χ1) is 9.56. The second kappa shape index (κ2) is 6.32. The van der Waals surface area contributed by atoms with Crippen LogP contribution in [0, 0.1) is 11.7 Å². The molecule has 4 nitrogen and oxygen atoms in total. The number of hydrogen-bond donors (Lipinski definition) is 1. The monoisotopic (exact) mass is 275 g/mol. The number of carbonyl (C=O) groups is 1. The largest absolute Gasteiger partial charge is 0.311 e. The van der Waals surface area contributed by atoms with Gasteiger partial charge in [-0.25, -0.2) is 9.07 Å². The molecule has 1 aromatic heterocycles. The lowest BCUT2D eigenvalue weighted by atomic mass is 10.1. The summed E-state index contributed by atoms with van der Waals surface area (Å²) in [6.45, 7) is 4.88. The molecule has 0 aliphatic rings. The van der Waals surface area contributed by atoms with Crippen LogP contribution in [0.25, 0.3) is 0 Å². The van der Waals surface area contributed by atoms with Crippen molar-refractivity contribution in [3.05, 3.63) is 47.9 Å². The fraction of sp³-hybridized carbons (Fsp3) is 0.333. The van der Waals surface area contributed by atoms with Crippen LogP contribution in [0.15, 0.2) is 36.5 Å². The Kier molecular flexibility index (Phi) is 4.50. The summed E-state index contributed by atoms with van der Waals surface area (Å²) in [6.07, 6.45) is 1.65. The minimum Gasteiger partial charge on any atom is -0.311 e. The van der Waals surface area contributed by atoms with E-state index in [-0.39, 0.29) is 18.1 Å². The van der Waals surface area contributed by atoms with Crippen LogP contribution < -0.4 is 5.32 Å². The molecule has 0 fully saturated rings. The van der Waals surface area contributed by atoms with E-state index < -0.39 is 0 Å². The molecule has 1 amide bonds. The third-order valence-electron chi connectivity index (χ3n) is 2.83. The van der Waals surface area contributed by atoms with Gasteiger partial charge in [-0.3, -0.25) is 4.79 Å². The molecule has 0 radical (unpaired) electrons. The first-order valence-corrected chi connectivity index (χ1v) is 6.61. The molecule has 1 N–H and O–H groups in total. The average molecular weight is 275 g/mol. The molecule has 0 saturated heterocycles. The van der Waals surface area contributed by atoms with Crippen LogP contribution in [-0.2, 0) is 17.8 Å². The van der Waals surface area contributed by atoms with E-state index in [1.807, 2.05) is 0 Å². The van der Waals surface area contributed by atoms with Crippen molar-refractivity contribution in [1.29, 1.82) is 0 Å². The standard InChI is InChI=1S/C15H18FN3O/c1-11(2)10-19-14(7-8-17-19)18-15(20)9-12-5-3-4-6-13(12)16/h3-8,11H,9-10H2,1-2H3,(H,18,20). The molecule has 0 atom stereocenters. The molecule has 106 valence electrons. The summed E-state index contributed by atoms with van der Waals surface area (Å²) in [5, 5.41) is 6.93. The lowest BCUT2D eigenvalue weighted by Gasteiger charge is -2.11. The predicted octanol–water partition coefficient (Wildman–Crippen LogP) is 2.86. The van der Waals surface area contributed by atoms with Gasteiger partial charge in [0.25, 0.3) is 0 Å².